The number of hydrogen-bond donors (Lipinski definition) is 2. The average Bonchev–Trinajstić information content (AvgIpc) is 2.94. The van der Waals surface area contributed by atoms with E-state index < -0.39 is 21.5 Å². The van der Waals surface area contributed by atoms with Crippen molar-refractivity contribution >= 4 is 31.9 Å². The van der Waals surface area contributed by atoms with Crippen molar-refractivity contribution in [2.45, 2.75) is 36.1 Å². The summed E-state index contributed by atoms with van der Waals surface area (Å²) in [5, 5.41) is 0. The Kier molecular flexibility index (Phi) is 5.26. The molecule has 6 nitrogen and oxygen atoms in total. The molecular weight excluding hydrogens is 372 g/mol. The zero-order chi connectivity index (χ0) is 16.4. The number of benzene rings is 1. The minimum Gasteiger partial charge on any atom is -0.465 e. The Morgan fingerprint density at radius 1 is 1.41 bits per heavy atom. The number of carbonyl (C=O) groups is 1. The predicted molar refractivity (Wildman–Crippen MR) is 86.1 cm³/mol. The molecule has 0 amide bonds. The van der Waals surface area contributed by atoms with Crippen LogP contribution in [0, 0.1) is 0 Å². The lowest BCUT2D eigenvalue weighted by atomic mass is 10.0. The minimum atomic E-state index is -3.72. The number of sulfonamides is 1. The highest BCUT2D eigenvalue weighted by atomic mass is 79.9. The van der Waals surface area contributed by atoms with Crippen LogP contribution in [-0.4, -0.2) is 33.6 Å². The van der Waals surface area contributed by atoms with Crippen LogP contribution in [0.15, 0.2) is 27.6 Å². The topological polar surface area (TPSA) is 98.5 Å². The largest absolute Gasteiger partial charge is 0.465 e. The number of methoxy groups -OCH3 is 1. The monoisotopic (exact) mass is 390 g/mol. The maximum Gasteiger partial charge on any atom is 0.337 e. The number of esters is 1. The second-order valence-corrected chi connectivity index (χ2v) is 7.94. The van der Waals surface area contributed by atoms with Gasteiger partial charge in [0.1, 0.15) is 0 Å². The van der Waals surface area contributed by atoms with E-state index in [1.165, 1.54) is 25.3 Å². The lowest BCUT2D eigenvalue weighted by molar-refractivity contribution is 0.0600. The lowest BCUT2D eigenvalue weighted by Crippen LogP contribution is -2.51. The summed E-state index contributed by atoms with van der Waals surface area (Å²) in [4.78, 5) is 11.6. The Hall–Kier alpha value is -0.960. The molecule has 1 fully saturated rings. The van der Waals surface area contributed by atoms with E-state index in [4.69, 9.17) is 5.73 Å². The van der Waals surface area contributed by atoms with Gasteiger partial charge < -0.3 is 10.5 Å². The first-order valence-electron chi connectivity index (χ1n) is 6.95. The van der Waals surface area contributed by atoms with Gasteiger partial charge in [-0.15, -0.1) is 0 Å². The lowest BCUT2D eigenvalue weighted by Gasteiger charge is -2.28. The fourth-order valence-electron chi connectivity index (χ4n) is 2.70. The molecule has 0 aliphatic heterocycles. The van der Waals surface area contributed by atoms with Crippen LogP contribution < -0.4 is 10.5 Å². The molecule has 2 rings (SSSR count). The molecule has 8 heteroatoms. The fraction of sp³-hybridized carbons (Fsp3) is 0.500. The first kappa shape index (κ1) is 17.4. The summed E-state index contributed by atoms with van der Waals surface area (Å²) >= 11 is 3.21. The zero-order valence-corrected chi connectivity index (χ0v) is 14.7. The van der Waals surface area contributed by atoms with Crippen LogP contribution in [-0.2, 0) is 14.8 Å². The van der Waals surface area contributed by atoms with Crippen molar-refractivity contribution < 1.29 is 17.9 Å². The highest BCUT2D eigenvalue weighted by Gasteiger charge is 2.37. The first-order valence-corrected chi connectivity index (χ1v) is 9.23. The van der Waals surface area contributed by atoms with Crippen LogP contribution in [0.2, 0.25) is 0 Å². The number of carbonyl (C=O) groups excluding carboxylic acids is 1. The van der Waals surface area contributed by atoms with Crippen molar-refractivity contribution in [3.8, 4) is 0 Å². The average molecular weight is 391 g/mol. The molecule has 0 spiro atoms. The molecule has 1 saturated carbocycles. The van der Waals surface area contributed by atoms with E-state index in [-0.39, 0.29) is 17.0 Å². The number of nitrogens with one attached hydrogen (secondary N) is 1. The SMILES string of the molecule is COC(=O)c1ccc(S(=O)(=O)NC2(CN)CCCC2)c(Br)c1. The smallest absolute Gasteiger partial charge is 0.337 e. The summed E-state index contributed by atoms with van der Waals surface area (Å²) in [5.41, 5.74) is 5.48. The molecule has 0 aromatic heterocycles. The van der Waals surface area contributed by atoms with Crippen LogP contribution in [0.4, 0.5) is 0 Å². The Morgan fingerprint density at radius 3 is 2.55 bits per heavy atom. The molecule has 1 aromatic carbocycles. The first-order chi connectivity index (χ1) is 10.3. The standard InChI is InChI=1S/C14H19BrN2O4S/c1-21-13(18)10-4-5-12(11(15)8-10)22(19,20)17-14(9-16)6-2-3-7-14/h4-5,8,17H,2-3,6-7,9,16H2,1H3. The van der Waals surface area contributed by atoms with Gasteiger partial charge in [0.25, 0.3) is 0 Å². The molecule has 0 bridgehead atoms. The summed E-state index contributed by atoms with van der Waals surface area (Å²) in [7, 11) is -2.45. The Labute approximate surface area is 138 Å². The zero-order valence-electron chi connectivity index (χ0n) is 12.3. The van der Waals surface area contributed by atoms with Crippen molar-refractivity contribution in [3.63, 3.8) is 0 Å². The van der Waals surface area contributed by atoms with Crippen LogP contribution in [0.5, 0.6) is 0 Å². The van der Waals surface area contributed by atoms with Gasteiger partial charge in [-0.25, -0.2) is 17.9 Å². The number of ether oxygens (including phenoxy) is 1. The highest BCUT2D eigenvalue weighted by Crippen LogP contribution is 2.32. The number of rotatable bonds is 5. The van der Waals surface area contributed by atoms with Gasteiger partial charge in [-0.3, -0.25) is 0 Å². The quantitative estimate of drug-likeness (QED) is 0.746. The number of hydrogen-bond acceptors (Lipinski definition) is 5. The van der Waals surface area contributed by atoms with Crippen LogP contribution in [0.1, 0.15) is 36.0 Å². The fourth-order valence-corrected chi connectivity index (χ4v) is 5.25. The van der Waals surface area contributed by atoms with Crippen LogP contribution in [0.3, 0.4) is 0 Å². The maximum atomic E-state index is 12.6. The van der Waals surface area contributed by atoms with Gasteiger partial charge in [-0.1, -0.05) is 12.8 Å². The maximum absolute atomic E-state index is 12.6. The van der Waals surface area contributed by atoms with E-state index >= 15 is 0 Å². The molecule has 0 saturated heterocycles. The second-order valence-electron chi connectivity index (χ2n) is 5.43. The Morgan fingerprint density at radius 2 is 2.05 bits per heavy atom. The third-order valence-corrected chi connectivity index (χ3v) is 6.50. The van der Waals surface area contributed by atoms with E-state index in [0.717, 1.165) is 25.7 Å². The van der Waals surface area contributed by atoms with E-state index in [2.05, 4.69) is 25.4 Å². The van der Waals surface area contributed by atoms with Gasteiger partial charge in [0.05, 0.1) is 17.6 Å². The Bertz CT molecular complexity index is 669. The predicted octanol–water partition coefficient (Wildman–Crippen LogP) is 1.79. The molecule has 122 valence electrons. The molecule has 0 unspecified atom stereocenters. The third-order valence-electron chi connectivity index (χ3n) is 3.94. The molecule has 1 aromatic rings. The van der Waals surface area contributed by atoms with E-state index in [0.29, 0.717) is 4.47 Å². The van der Waals surface area contributed by atoms with Crippen LogP contribution in [0.25, 0.3) is 0 Å². The van der Waals surface area contributed by atoms with Crippen molar-refractivity contribution in [2.24, 2.45) is 5.73 Å². The summed E-state index contributed by atoms with van der Waals surface area (Å²) in [6.07, 6.45) is 3.39. The molecular formula is C14H19BrN2O4S. The van der Waals surface area contributed by atoms with E-state index in [9.17, 15) is 13.2 Å². The van der Waals surface area contributed by atoms with Crippen molar-refractivity contribution in [2.75, 3.05) is 13.7 Å². The van der Waals surface area contributed by atoms with Gasteiger partial charge in [-0.05, 0) is 47.0 Å². The molecule has 0 radical (unpaired) electrons. The summed E-state index contributed by atoms with van der Waals surface area (Å²) < 4.78 is 32.9. The van der Waals surface area contributed by atoms with Gasteiger partial charge in [0, 0.05) is 16.6 Å². The molecule has 0 heterocycles. The van der Waals surface area contributed by atoms with Crippen LogP contribution >= 0.6 is 15.9 Å². The molecule has 0 atom stereocenters. The number of nitrogens with two attached hydrogens (primary N) is 1. The molecule has 1 aliphatic rings. The van der Waals surface area contributed by atoms with Crippen molar-refractivity contribution in [1.29, 1.82) is 0 Å². The number of halogens is 1. The molecule has 1 aliphatic carbocycles. The normalized spacial score (nSPS) is 17.4. The minimum absolute atomic E-state index is 0.0832. The highest BCUT2D eigenvalue weighted by molar-refractivity contribution is 9.10. The van der Waals surface area contributed by atoms with Gasteiger partial charge in [0.15, 0.2) is 0 Å². The van der Waals surface area contributed by atoms with Gasteiger partial charge >= 0.3 is 5.97 Å². The van der Waals surface area contributed by atoms with Crippen molar-refractivity contribution in [1.82, 2.24) is 4.72 Å². The van der Waals surface area contributed by atoms with Gasteiger partial charge in [0.2, 0.25) is 10.0 Å². The van der Waals surface area contributed by atoms with E-state index in [1.807, 2.05) is 0 Å². The van der Waals surface area contributed by atoms with E-state index in [1.54, 1.807) is 0 Å². The van der Waals surface area contributed by atoms with Crippen molar-refractivity contribution in [3.05, 3.63) is 28.2 Å². The third kappa shape index (κ3) is 3.51. The summed E-state index contributed by atoms with van der Waals surface area (Å²) in [6, 6.07) is 4.25. The summed E-state index contributed by atoms with van der Waals surface area (Å²) in [5.74, 6) is -0.521. The second kappa shape index (κ2) is 6.66. The molecule has 22 heavy (non-hydrogen) atoms. The van der Waals surface area contributed by atoms with Gasteiger partial charge in [-0.2, -0.15) is 0 Å². The molecule has 3 N–H and O–H groups in total. The summed E-state index contributed by atoms with van der Waals surface area (Å²) in [6.45, 7) is 0.268. The Balaban J connectivity index is 2.31.